The number of aliphatic hydroxyl groups is 2. The van der Waals surface area contributed by atoms with Crippen LogP contribution in [0.1, 0.15) is 393 Å². The van der Waals surface area contributed by atoms with Gasteiger partial charge in [0.05, 0.1) is 25.4 Å². The van der Waals surface area contributed by atoms with Crippen molar-refractivity contribution in [2.45, 2.75) is 405 Å². The fourth-order valence-electron chi connectivity index (χ4n) is 11.3. The zero-order chi connectivity index (χ0) is 59.9. The Labute approximate surface area is 518 Å². The number of nitrogens with one attached hydrogen (secondary N) is 1. The number of rotatable bonds is 69. The van der Waals surface area contributed by atoms with Crippen LogP contribution < -0.4 is 5.32 Å². The molecule has 0 radical (unpaired) electrons. The number of hydrogen-bond acceptors (Lipinski definition) is 5. The number of carbonyl (C=O) groups is 2. The average molecular weight is 1160 g/mol. The highest BCUT2D eigenvalue weighted by atomic mass is 16.5. The summed E-state index contributed by atoms with van der Waals surface area (Å²) in [7, 11) is 0. The van der Waals surface area contributed by atoms with Gasteiger partial charge in [-0.05, 0) is 96.3 Å². The van der Waals surface area contributed by atoms with E-state index in [1.165, 1.54) is 308 Å². The Morgan fingerprint density at radius 2 is 0.602 bits per heavy atom. The van der Waals surface area contributed by atoms with E-state index in [-0.39, 0.29) is 18.5 Å². The second-order valence-corrected chi connectivity index (χ2v) is 25.3. The molecular weight excluding hydrogens is 1020 g/mol. The first-order valence-corrected chi connectivity index (χ1v) is 37.1. The average Bonchev–Trinajstić information content (AvgIpc) is 3.49. The number of amides is 1. The van der Waals surface area contributed by atoms with Gasteiger partial charge < -0.3 is 20.3 Å². The fraction of sp³-hybridized carbons (Fsp3) is 0.844. The number of hydrogen-bond donors (Lipinski definition) is 3. The Bertz CT molecular complexity index is 1430. The molecule has 1 amide bonds. The van der Waals surface area contributed by atoms with Crippen molar-refractivity contribution in [3.63, 3.8) is 0 Å². The van der Waals surface area contributed by atoms with Crippen LogP contribution in [0.5, 0.6) is 0 Å². The number of carbonyl (C=O) groups excluding carboxylic acids is 2. The Morgan fingerprint density at radius 3 is 0.928 bits per heavy atom. The third kappa shape index (κ3) is 68.5. The first kappa shape index (κ1) is 80.6. The summed E-state index contributed by atoms with van der Waals surface area (Å²) in [5.74, 6) is -0.0542. The molecule has 6 nitrogen and oxygen atoms in total. The lowest BCUT2D eigenvalue weighted by Gasteiger charge is -2.20. The van der Waals surface area contributed by atoms with E-state index < -0.39 is 12.1 Å². The lowest BCUT2D eigenvalue weighted by atomic mass is 10.0. The van der Waals surface area contributed by atoms with Crippen LogP contribution in [-0.4, -0.2) is 47.4 Å². The summed E-state index contributed by atoms with van der Waals surface area (Å²) in [5.41, 5.74) is 0. The first-order valence-electron chi connectivity index (χ1n) is 37.1. The standard InChI is InChI=1S/C77H143NO5/c1-3-5-7-9-11-13-14-15-16-17-42-45-48-51-55-59-63-67-71-77(82)83-72-68-64-60-56-52-49-46-43-40-38-36-34-32-30-28-26-24-22-20-18-19-21-23-25-27-29-31-33-35-37-39-41-44-47-50-54-58-62-66-70-76(81)78-74(73-79)75(80)69-65-61-57-53-12-10-8-6-4-2/h13-14,16-19,22,24,65,69,74-75,79-80H,3-12,15,20-21,23,25-64,66-68,70-73H2,1-2H3,(H,78,81)/b14-13-,17-16-,19-18-,24-22-,69-65+. The molecule has 0 aromatic carbocycles. The highest BCUT2D eigenvalue weighted by Crippen LogP contribution is 2.18. The van der Waals surface area contributed by atoms with Gasteiger partial charge in [0, 0.05) is 12.8 Å². The summed E-state index contributed by atoms with van der Waals surface area (Å²) in [6.45, 7) is 4.88. The van der Waals surface area contributed by atoms with E-state index in [4.69, 9.17) is 4.74 Å². The predicted molar refractivity (Wildman–Crippen MR) is 365 cm³/mol. The van der Waals surface area contributed by atoms with Crippen LogP contribution in [-0.2, 0) is 14.3 Å². The van der Waals surface area contributed by atoms with Gasteiger partial charge >= 0.3 is 5.97 Å². The molecule has 0 aromatic rings. The molecule has 0 aliphatic carbocycles. The molecule has 2 atom stereocenters. The van der Waals surface area contributed by atoms with E-state index in [0.29, 0.717) is 19.4 Å². The van der Waals surface area contributed by atoms with Crippen molar-refractivity contribution in [1.82, 2.24) is 5.32 Å². The third-order valence-electron chi connectivity index (χ3n) is 17.0. The van der Waals surface area contributed by atoms with Crippen molar-refractivity contribution in [2.24, 2.45) is 0 Å². The van der Waals surface area contributed by atoms with Gasteiger partial charge in [0.2, 0.25) is 5.91 Å². The number of esters is 1. The second kappa shape index (κ2) is 72.0. The number of allylic oxidation sites excluding steroid dienone is 9. The van der Waals surface area contributed by atoms with Crippen molar-refractivity contribution < 1.29 is 24.5 Å². The molecule has 0 bridgehead atoms. The lowest BCUT2D eigenvalue weighted by molar-refractivity contribution is -0.143. The molecule has 0 saturated carbocycles. The van der Waals surface area contributed by atoms with Crippen LogP contribution in [0.25, 0.3) is 0 Å². The van der Waals surface area contributed by atoms with Gasteiger partial charge in [0.15, 0.2) is 0 Å². The topological polar surface area (TPSA) is 95.9 Å². The predicted octanol–water partition coefficient (Wildman–Crippen LogP) is 24.2. The SMILES string of the molecule is CCCCCC/C=C\C/C=C\CCCCCCCCCC(=O)OCCCCCCCCCCCCCCCCC/C=C\C/C=C\CCCCCCCCCCCCCCCCCCCC(=O)NC(CO)C(O)/C=C/CCCCCCCCC. The van der Waals surface area contributed by atoms with Gasteiger partial charge in [0.25, 0.3) is 0 Å². The third-order valence-corrected chi connectivity index (χ3v) is 17.0. The lowest BCUT2D eigenvalue weighted by Crippen LogP contribution is -2.45. The quantitative estimate of drug-likeness (QED) is 0.0320. The largest absolute Gasteiger partial charge is 0.466 e. The molecule has 6 heteroatoms. The van der Waals surface area contributed by atoms with E-state index in [1.54, 1.807) is 6.08 Å². The normalized spacial score (nSPS) is 12.9. The van der Waals surface area contributed by atoms with Crippen LogP contribution in [0.3, 0.4) is 0 Å². The van der Waals surface area contributed by atoms with Crippen LogP contribution in [0.2, 0.25) is 0 Å². The van der Waals surface area contributed by atoms with Crippen LogP contribution >= 0.6 is 0 Å². The molecule has 0 rings (SSSR count). The molecule has 0 spiro atoms. The van der Waals surface area contributed by atoms with E-state index in [9.17, 15) is 19.8 Å². The molecular formula is C77H143NO5. The number of ether oxygens (including phenoxy) is 1. The van der Waals surface area contributed by atoms with E-state index >= 15 is 0 Å². The van der Waals surface area contributed by atoms with Crippen molar-refractivity contribution in [3.8, 4) is 0 Å². The minimum Gasteiger partial charge on any atom is -0.466 e. The number of unbranched alkanes of at least 4 members (excludes halogenated alkanes) is 50. The Balaban J connectivity index is 3.34. The number of aliphatic hydroxyl groups excluding tert-OH is 2. The van der Waals surface area contributed by atoms with Gasteiger partial charge in [-0.25, -0.2) is 0 Å². The monoisotopic (exact) mass is 1160 g/mol. The van der Waals surface area contributed by atoms with Crippen molar-refractivity contribution in [2.75, 3.05) is 13.2 Å². The maximum atomic E-state index is 12.4. The van der Waals surface area contributed by atoms with Crippen LogP contribution in [0.4, 0.5) is 0 Å². The Kier molecular flexibility index (Phi) is 69.9. The second-order valence-electron chi connectivity index (χ2n) is 25.3. The van der Waals surface area contributed by atoms with Crippen molar-refractivity contribution in [3.05, 3.63) is 60.8 Å². The molecule has 486 valence electrons. The smallest absolute Gasteiger partial charge is 0.305 e. The maximum absolute atomic E-state index is 12.4. The maximum Gasteiger partial charge on any atom is 0.305 e. The summed E-state index contributed by atoms with van der Waals surface area (Å²) in [5, 5.41) is 23.0. The van der Waals surface area contributed by atoms with Crippen LogP contribution in [0.15, 0.2) is 60.8 Å². The minimum absolute atomic E-state index is 0.0127. The molecule has 0 fully saturated rings. The zero-order valence-corrected chi connectivity index (χ0v) is 55.7. The molecule has 0 aliphatic heterocycles. The highest BCUT2D eigenvalue weighted by Gasteiger charge is 2.18. The molecule has 0 aliphatic rings. The Hall–Kier alpha value is -2.44. The zero-order valence-electron chi connectivity index (χ0n) is 55.7. The molecule has 2 unspecified atom stereocenters. The fourth-order valence-corrected chi connectivity index (χ4v) is 11.3. The summed E-state index contributed by atoms with van der Waals surface area (Å²) >= 11 is 0. The van der Waals surface area contributed by atoms with E-state index in [0.717, 1.165) is 57.8 Å². The van der Waals surface area contributed by atoms with Gasteiger partial charge in [-0.2, -0.15) is 0 Å². The Morgan fingerprint density at radius 1 is 0.337 bits per heavy atom. The van der Waals surface area contributed by atoms with Gasteiger partial charge in [-0.3, -0.25) is 9.59 Å². The molecule has 0 aromatic heterocycles. The van der Waals surface area contributed by atoms with Gasteiger partial charge in [-0.15, -0.1) is 0 Å². The van der Waals surface area contributed by atoms with E-state index in [1.807, 2.05) is 6.08 Å². The highest BCUT2D eigenvalue weighted by molar-refractivity contribution is 5.76. The van der Waals surface area contributed by atoms with Crippen LogP contribution in [0, 0.1) is 0 Å². The minimum atomic E-state index is -0.840. The summed E-state index contributed by atoms with van der Waals surface area (Å²) in [6.07, 6.45) is 96.3. The van der Waals surface area contributed by atoms with E-state index in [2.05, 4.69) is 67.8 Å². The first-order chi connectivity index (χ1) is 41.0. The molecule has 83 heavy (non-hydrogen) atoms. The summed E-state index contributed by atoms with van der Waals surface area (Å²) in [6, 6.07) is -0.624. The molecule has 0 heterocycles. The summed E-state index contributed by atoms with van der Waals surface area (Å²) < 4.78 is 5.51. The van der Waals surface area contributed by atoms with Gasteiger partial charge in [-0.1, -0.05) is 344 Å². The van der Waals surface area contributed by atoms with Gasteiger partial charge in [0.1, 0.15) is 0 Å². The van der Waals surface area contributed by atoms with Crippen molar-refractivity contribution in [1.29, 1.82) is 0 Å². The molecule has 0 saturated heterocycles. The van der Waals surface area contributed by atoms with Crippen molar-refractivity contribution >= 4 is 11.9 Å². The molecule has 3 N–H and O–H groups in total. The summed E-state index contributed by atoms with van der Waals surface area (Å²) in [4.78, 5) is 24.5.